The van der Waals surface area contributed by atoms with E-state index in [2.05, 4.69) is 57.0 Å². The molecule has 0 fully saturated rings. The third-order valence-corrected chi connectivity index (χ3v) is 5.09. The first-order valence-corrected chi connectivity index (χ1v) is 9.96. The molecule has 30 heavy (non-hydrogen) atoms. The fourth-order valence-corrected chi connectivity index (χ4v) is 3.46. The summed E-state index contributed by atoms with van der Waals surface area (Å²) in [4.78, 5) is 20.2. The van der Waals surface area contributed by atoms with E-state index in [1.54, 1.807) is 36.6 Å². The molecule has 0 amide bonds. The van der Waals surface area contributed by atoms with Crippen LogP contribution in [0.3, 0.4) is 0 Å². The number of methoxy groups -OCH3 is 1. The SMILES string of the molecule is CCN(CCOC)c1ccc(/N=C2/C(C)=Nn3c(-c4cnccn4)cnc32)c(C)c1. The molecule has 8 heteroatoms. The molecule has 0 N–H and O–H groups in total. The van der Waals surface area contributed by atoms with Crippen LogP contribution >= 0.6 is 0 Å². The number of benzene rings is 1. The van der Waals surface area contributed by atoms with Gasteiger partial charge in [0.15, 0.2) is 5.82 Å². The molecule has 1 aromatic carbocycles. The van der Waals surface area contributed by atoms with Crippen molar-refractivity contribution in [3.05, 3.63) is 54.4 Å². The standard InChI is InChI=1S/C22H25N7O/c1-5-28(10-11-30-4)17-6-7-18(15(2)12-17)26-21-16(3)27-29-20(14-25-22(21)29)19-13-23-8-9-24-19/h6-9,12-14H,5,10-11H2,1-4H3/b26-21-. The second kappa shape index (κ2) is 8.54. The van der Waals surface area contributed by atoms with Crippen LogP contribution in [0, 0.1) is 6.92 Å². The summed E-state index contributed by atoms with van der Waals surface area (Å²) in [6.07, 6.45) is 6.77. The van der Waals surface area contributed by atoms with E-state index < -0.39 is 0 Å². The molecular weight excluding hydrogens is 378 g/mol. The molecule has 0 saturated heterocycles. The number of likely N-dealkylation sites (N-methyl/N-ethyl adjacent to an activating group) is 1. The highest BCUT2D eigenvalue weighted by Gasteiger charge is 2.25. The van der Waals surface area contributed by atoms with E-state index in [-0.39, 0.29) is 0 Å². The highest BCUT2D eigenvalue weighted by atomic mass is 16.5. The Balaban J connectivity index is 1.66. The van der Waals surface area contributed by atoms with Crippen molar-refractivity contribution >= 4 is 22.8 Å². The number of rotatable bonds is 7. The van der Waals surface area contributed by atoms with Gasteiger partial charge in [0.1, 0.15) is 17.1 Å². The fourth-order valence-electron chi connectivity index (χ4n) is 3.46. The van der Waals surface area contributed by atoms with Crippen LogP contribution in [0.4, 0.5) is 11.4 Å². The summed E-state index contributed by atoms with van der Waals surface area (Å²) in [5.74, 6) is 0.715. The van der Waals surface area contributed by atoms with Crippen molar-refractivity contribution in [2.24, 2.45) is 10.1 Å². The number of fused-ring (bicyclic) bond motifs is 1. The third-order valence-electron chi connectivity index (χ3n) is 5.09. The molecule has 1 aliphatic heterocycles. The zero-order chi connectivity index (χ0) is 21.1. The lowest BCUT2D eigenvalue weighted by atomic mass is 10.1. The second-order valence-corrected chi connectivity index (χ2v) is 7.06. The summed E-state index contributed by atoms with van der Waals surface area (Å²) in [6.45, 7) is 8.64. The van der Waals surface area contributed by atoms with E-state index in [1.165, 1.54) is 5.69 Å². The Morgan fingerprint density at radius 2 is 2.00 bits per heavy atom. The quantitative estimate of drug-likeness (QED) is 0.603. The third kappa shape index (κ3) is 3.73. The van der Waals surface area contributed by atoms with Gasteiger partial charge in [0.25, 0.3) is 0 Å². The maximum atomic E-state index is 5.22. The van der Waals surface area contributed by atoms with Gasteiger partial charge < -0.3 is 9.64 Å². The van der Waals surface area contributed by atoms with Crippen molar-refractivity contribution in [3.8, 4) is 11.4 Å². The van der Waals surface area contributed by atoms with Gasteiger partial charge >= 0.3 is 0 Å². The Morgan fingerprint density at radius 1 is 1.13 bits per heavy atom. The van der Waals surface area contributed by atoms with E-state index in [9.17, 15) is 0 Å². The monoisotopic (exact) mass is 403 g/mol. The van der Waals surface area contributed by atoms with Crippen LogP contribution in [-0.2, 0) is 4.74 Å². The molecular formula is C22H25N7O. The van der Waals surface area contributed by atoms with E-state index >= 15 is 0 Å². The van der Waals surface area contributed by atoms with Gasteiger partial charge in [-0.3, -0.25) is 9.97 Å². The van der Waals surface area contributed by atoms with Crippen LogP contribution in [0.2, 0.25) is 0 Å². The fraction of sp³-hybridized carbons (Fsp3) is 0.318. The number of aromatic nitrogens is 4. The zero-order valence-corrected chi connectivity index (χ0v) is 17.7. The van der Waals surface area contributed by atoms with Crippen LogP contribution in [0.15, 0.2) is 53.1 Å². The summed E-state index contributed by atoms with van der Waals surface area (Å²) < 4.78 is 7.01. The predicted octanol–water partition coefficient (Wildman–Crippen LogP) is 3.48. The maximum Gasteiger partial charge on any atom is 0.182 e. The lowest BCUT2D eigenvalue weighted by Crippen LogP contribution is -2.26. The number of aryl methyl sites for hydroxylation is 1. The Morgan fingerprint density at radius 3 is 2.70 bits per heavy atom. The summed E-state index contributed by atoms with van der Waals surface area (Å²) in [6, 6.07) is 6.32. The first-order valence-electron chi connectivity index (χ1n) is 9.96. The van der Waals surface area contributed by atoms with E-state index in [1.807, 2.05) is 6.92 Å². The van der Waals surface area contributed by atoms with Crippen LogP contribution in [0.25, 0.3) is 11.4 Å². The average Bonchev–Trinajstić information content (AvgIpc) is 3.30. The molecule has 4 rings (SSSR count). The smallest absolute Gasteiger partial charge is 0.182 e. The summed E-state index contributed by atoms with van der Waals surface area (Å²) in [5.41, 5.74) is 6.29. The first kappa shape index (κ1) is 19.9. The molecule has 8 nitrogen and oxygen atoms in total. The lowest BCUT2D eigenvalue weighted by Gasteiger charge is -2.23. The van der Waals surface area contributed by atoms with Crippen molar-refractivity contribution < 1.29 is 4.74 Å². The number of nitrogens with zero attached hydrogens (tertiary/aromatic N) is 7. The number of hydrogen-bond acceptors (Lipinski definition) is 7. The topological polar surface area (TPSA) is 80.8 Å². The van der Waals surface area contributed by atoms with Crippen molar-refractivity contribution in [2.75, 3.05) is 31.7 Å². The molecule has 154 valence electrons. The van der Waals surface area contributed by atoms with Gasteiger partial charge in [-0.25, -0.2) is 14.7 Å². The van der Waals surface area contributed by atoms with Crippen molar-refractivity contribution in [2.45, 2.75) is 20.8 Å². The molecule has 3 aromatic rings. The minimum Gasteiger partial charge on any atom is -0.383 e. The number of ether oxygens (including phenoxy) is 1. The van der Waals surface area contributed by atoms with Crippen LogP contribution in [0.5, 0.6) is 0 Å². The van der Waals surface area contributed by atoms with E-state index in [4.69, 9.17) is 9.73 Å². The van der Waals surface area contributed by atoms with E-state index in [0.717, 1.165) is 47.2 Å². The molecule has 0 saturated carbocycles. The van der Waals surface area contributed by atoms with E-state index in [0.29, 0.717) is 12.4 Å². The largest absolute Gasteiger partial charge is 0.383 e. The molecule has 3 heterocycles. The number of imidazole rings is 1. The van der Waals surface area contributed by atoms with Gasteiger partial charge in [-0.2, -0.15) is 5.10 Å². The minimum absolute atomic E-state index is 0.698. The summed E-state index contributed by atoms with van der Waals surface area (Å²) in [5, 5.41) is 4.64. The van der Waals surface area contributed by atoms with Crippen LogP contribution < -0.4 is 4.90 Å². The number of hydrogen-bond donors (Lipinski definition) is 0. The average molecular weight is 403 g/mol. The lowest BCUT2D eigenvalue weighted by molar-refractivity contribution is 0.205. The molecule has 0 spiro atoms. The van der Waals surface area contributed by atoms with Gasteiger partial charge in [0, 0.05) is 38.3 Å². The molecule has 0 atom stereocenters. The van der Waals surface area contributed by atoms with Crippen molar-refractivity contribution in [3.63, 3.8) is 0 Å². The minimum atomic E-state index is 0.698. The van der Waals surface area contributed by atoms with Gasteiger partial charge in [-0.05, 0) is 44.5 Å². The number of anilines is 1. The van der Waals surface area contributed by atoms with Crippen LogP contribution in [-0.4, -0.2) is 57.9 Å². The predicted molar refractivity (Wildman–Crippen MR) is 119 cm³/mol. The molecule has 1 aliphatic rings. The molecule has 2 aromatic heterocycles. The molecule has 0 radical (unpaired) electrons. The van der Waals surface area contributed by atoms with Gasteiger partial charge in [-0.1, -0.05) is 0 Å². The highest BCUT2D eigenvalue weighted by molar-refractivity contribution is 6.48. The van der Waals surface area contributed by atoms with Gasteiger partial charge in [0.2, 0.25) is 0 Å². The summed E-state index contributed by atoms with van der Waals surface area (Å²) >= 11 is 0. The first-order chi connectivity index (χ1) is 14.6. The Hall–Kier alpha value is -3.39. The zero-order valence-electron chi connectivity index (χ0n) is 17.7. The molecule has 0 bridgehead atoms. The Kier molecular flexibility index (Phi) is 5.67. The van der Waals surface area contributed by atoms with Crippen LogP contribution in [0.1, 0.15) is 25.2 Å². The highest BCUT2D eigenvalue weighted by Crippen LogP contribution is 2.28. The second-order valence-electron chi connectivity index (χ2n) is 7.06. The normalized spacial score (nSPS) is 14.1. The van der Waals surface area contributed by atoms with Crippen molar-refractivity contribution in [1.82, 2.24) is 19.6 Å². The van der Waals surface area contributed by atoms with Gasteiger partial charge in [-0.15, -0.1) is 0 Å². The molecule has 0 unspecified atom stereocenters. The number of aliphatic imine (C=N–C) groups is 1. The summed E-state index contributed by atoms with van der Waals surface area (Å²) in [7, 11) is 1.73. The van der Waals surface area contributed by atoms with Gasteiger partial charge in [0.05, 0.1) is 30.4 Å². The molecule has 0 aliphatic carbocycles. The van der Waals surface area contributed by atoms with Crippen molar-refractivity contribution in [1.29, 1.82) is 0 Å². The Bertz CT molecular complexity index is 1100. The maximum absolute atomic E-state index is 5.22. The Labute approximate surface area is 176 Å².